The molecule has 2 heterocycles. The highest BCUT2D eigenvalue weighted by molar-refractivity contribution is 5.33. The average Bonchev–Trinajstić information content (AvgIpc) is 2.38. The normalized spacial score (nSPS) is 20.4. The lowest BCUT2D eigenvalue weighted by atomic mass is 10.1. The maximum absolute atomic E-state index is 5.02. The molecule has 5 heteroatoms. The monoisotopic (exact) mass is 222 g/mol. The maximum Gasteiger partial charge on any atom is 0.233 e. The summed E-state index contributed by atoms with van der Waals surface area (Å²) in [6.07, 6.45) is 7.14. The average molecular weight is 222 g/mol. The number of nitrogens with zero attached hydrogens (tertiary/aromatic N) is 2. The standard InChI is InChI=1S/C11H18N4O/c1-16-11-8-12-7-10(15-11)14-6-9-4-2-3-5-13-9/h7-9,13H,2-6H2,1H3,(H,14,15). The molecule has 1 atom stereocenters. The van der Waals surface area contributed by atoms with Gasteiger partial charge in [0.2, 0.25) is 5.88 Å². The molecule has 0 spiro atoms. The third-order valence-electron chi connectivity index (χ3n) is 2.76. The van der Waals surface area contributed by atoms with E-state index in [0.29, 0.717) is 11.9 Å². The van der Waals surface area contributed by atoms with Gasteiger partial charge in [0.1, 0.15) is 5.82 Å². The van der Waals surface area contributed by atoms with Gasteiger partial charge < -0.3 is 15.4 Å². The molecule has 1 unspecified atom stereocenters. The highest BCUT2D eigenvalue weighted by Crippen LogP contribution is 2.10. The number of anilines is 1. The molecule has 16 heavy (non-hydrogen) atoms. The molecule has 1 aromatic rings. The van der Waals surface area contributed by atoms with Gasteiger partial charge in [0.25, 0.3) is 0 Å². The number of ether oxygens (including phenoxy) is 1. The van der Waals surface area contributed by atoms with Crippen LogP contribution < -0.4 is 15.4 Å². The van der Waals surface area contributed by atoms with Crippen LogP contribution in [0.3, 0.4) is 0 Å². The quantitative estimate of drug-likeness (QED) is 0.797. The number of nitrogens with one attached hydrogen (secondary N) is 2. The van der Waals surface area contributed by atoms with E-state index in [0.717, 1.165) is 18.9 Å². The highest BCUT2D eigenvalue weighted by Gasteiger charge is 2.12. The van der Waals surface area contributed by atoms with Gasteiger partial charge in [-0.25, -0.2) is 0 Å². The molecular formula is C11H18N4O. The Bertz CT molecular complexity index is 326. The van der Waals surface area contributed by atoms with E-state index >= 15 is 0 Å². The first-order valence-electron chi connectivity index (χ1n) is 5.72. The van der Waals surface area contributed by atoms with Gasteiger partial charge in [-0.05, 0) is 19.4 Å². The molecule has 1 aliphatic rings. The molecule has 1 aromatic heterocycles. The van der Waals surface area contributed by atoms with Crippen LogP contribution in [0.5, 0.6) is 5.88 Å². The highest BCUT2D eigenvalue weighted by atomic mass is 16.5. The van der Waals surface area contributed by atoms with Crippen LogP contribution in [0.4, 0.5) is 5.82 Å². The first-order chi connectivity index (χ1) is 7.88. The zero-order valence-electron chi connectivity index (χ0n) is 9.57. The molecule has 2 N–H and O–H groups in total. The predicted molar refractivity (Wildman–Crippen MR) is 62.7 cm³/mol. The summed E-state index contributed by atoms with van der Waals surface area (Å²) in [5, 5.41) is 6.75. The van der Waals surface area contributed by atoms with Crippen molar-refractivity contribution < 1.29 is 4.74 Å². The van der Waals surface area contributed by atoms with Crippen molar-refractivity contribution in [3.05, 3.63) is 12.4 Å². The maximum atomic E-state index is 5.02. The number of hydrogen-bond donors (Lipinski definition) is 2. The van der Waals surface area contributed by atoms with Gasteiger partial charge in [-0.1, -0.05) is 6.42 Å². The Morgan fingerprint density at radius 3 is 3.19 bits per heavy atom. The van der Waals surface area contributed by atoms with Crippen molar-refractivity contribution in [1.82, 2.24) is 15.3 Å². The van der Waals surface area contributed by atoms with E-state index in [1.807, 2.05) is 0 Å². The summed E-state index contributed by atoms with van der Waals surface area (Å²) >= 11 is 0. The summed E-state index contributed by atoms with van der Waals surface area (Å²) in [4.78, 5) is 8.30. The van der Waals surface area contributed by atoms with Gasteiger partial charge in [-0.15, -0.1) is 0 Å². The molecular weight excluding hydrogens is 204 g/mol. The smallest absolute Gasteiger partial charge is 0.233 e. The fourth-order valence-electron chi connectivity index (χ4n) is 1.86. The van der Waals surface area contributed by atoms with Crippen molar-refractivity contribution in [3.8, 4) is 5.88 Å². The van der Waals surface area contributed by atoms with E-state index in [-0.39, 0.29) is 0 Å². The summed E-state index contributed by atoms with van der Waals surface area (Å²) in [5.41, 5.74) is 0. The minimum absolute atomic E-state index is 0.543. The van der Waals surface area contributed by atoms with Crippen molar-refractivity contribution in [2.75, 3.05) is 25.5 Å². The first kappa shape index (κ1) is 11.1. The van der Waals surface area contributed by atoms with Crippen molar-refractivity contribution in [3.63, 3.8) is 0 Å². The second kappa shape index (κ2) is 5.65. The molecule has 1 fully saturated rings. The molecule has 1 aliphatic heterocycles. The van der Waals surface area contributed by atoms with E-state index < -0.39 is 0 Å². The van der Waals surface area contributed by atoms with Crippen LogP contribution in [0.1, 0.15) is 19.3 Å². The van der Waals surface area contributed by atoms with E-state index in [2.05, 4.69) is 20.6 Å². The molecule has 0 aromatic carbocycles. The summed E-state index contributed by atoms with van der Waals surface area (Å²) in [6, 6.07) is 0.543. The Hall–Kier alpha value is -1.36. The molecule has 1 saturated heterocycles. The molecule has 5 nitrogen and oxygen atoms in total. The summed E-state index contributed by atoms with van der Waals surface area (Å²) in [6.45, 7) is 2.01. The third-order valence-corrected chi connectivity index (χ3v) is 2.76. The molecule has 0 aliphatic carbocycles. The molecule has 0 radical (unpaired) electrons. The topological polar surface area (TPSA) is 59.1 Å². The second-order valence-corrected chi connectivity index (χ2v) is 3.97. The predicted octanol–water partition coefficient (Wildman–Crippen LogP) is 1.04. The van der Waals surface area contributed by atoms with Crippen LogP contribution in [0.25, 0.3) is 0 Å². The number of hydrogen-bond acceptors (Lipinski definition) is 5. The number of methoxy groups -OCH3 is 1. The van der Waals surface area contributed by atoms with Crippen LogP contribution in [-0.2, 0) is 0 Å². The van der Waals surface area contributed by atoms with Crippen molar-refractivity contribution in [2.24, 2.45) is 0 Å². The largest absolute Gasteiger partial charge is 0.480 e. The summed E-state index contributed by atoms with van der Waals surface area (Å²) in [7, 11) is 1.59. The van der Waals surface area contributed by atoms with E-state index in [1.54, 1.807) is 19.5 Å². The Morgan fingerprint density at radius 2 is 2.44 bits per heavy atom. The summed E-state index contributed by atoms with van der Waals surface area (Å²) in [5.74, 6) is 1.31. The van der Waals surface area contributed by atoms with Crippen molar-refractivity contribution >= 4 is 5.82 Å². The van der Waals surface area contributed by atoms with Crippen LogP contribution in [0, 0.1) is 0 Å². The van der Waals surface area contributed by atoms with Gasteiger partial charge in [-0.2, -0.15) is 4.98 Å². The molecule has 0 bridgehead atoms. The Labute approximate surface area is 95.6 Å². The van der Waals surface area contributed by atoms with Crippen LogP contribution >= 0.6 is 0 Å². The Kier molecular flexibility index (Phi) is 3.93. The van der Waals surface area contributed by atoms with Gasteiger partial charge in [0.15, 0.2) is 0 Å². The fourth-order valence-corrected chi connectivity index (χ4v) is 1.86. The zero-order valence-corrected chi connectivity index (χ0v) is 9.57. The van der Waals surface area contributed by atoms with Crippen LogP contribution in [0.15, 0.2) is 12.4 Å². The second-order valence-electron chi connectivity index (χ2n) is 3.97. The minimum Gasteiger partial charge on any atom is -0.480 e. The first-order valence-corrected chi connectivity index (χ1v) is 5.72. The number of rotatable bonds is 4. The number of piperidine rings is 1. The third kappa shape index (κ3) is 3.06. The Balaban J connectivity index is 1.83. The van der Waals surface area contributed by atoms with Crippen LogP contribution in [0.2, 0.25) is 0 Å². The van der Waals surface area contributed by atoms with E-state index in [4.69, 9.17) is 4.74 Å². The van der Waals surface area contributed by atoms with Crippen molar-refractivity contribution in [2.45, 2.75) is 25.3 Å². The number of aromatic nitrogens is 2. The van der Waals surface area contributed by atoms with Gasteiger partial charge in [0.05, 0.1) is 19.5 Å². The van der Waals surface area contributed by atoms with E-state index in [1.165, 1.54) is 19.3 Å². The van der Waals surface area contributed by atoms with Gasteiger partial charge in [-0.3, -0.25) is 4.98 Å². The summed E-state index contributed by atoms with van der Waals surface area (Å²) < 4.78 is 5.02. The SMILES string of the molecule is COc1cncc(NCC2CCCCN2)n1. The van der Waals surface area contributed by atoms with Crippen molar-refractivity contribution in [1.29, 1.82) is 0 Å². The van der Waals surface area contributed by atoms with Gasteiger partial charge in [0, 0.05) is 12.6 Å². The van der Waals surface area contributed by atoms with Crippen LogP contribution in [-0.4, -0.2) is 36.2 Å². The lowest BCUT2D eigenvalue weighted by molar-refractivity contribution is 0.395. The van der Waals surface area contributed by atoms with E-state index in [9.17, 15) is 0 Å². The minimum atomic E-state index is 0.543. The fraction of sp³-hybridized carbons (Fsp3) is 0.636. The molecule has 2 rings (SSSR count). The molecule has 0 saturated carbocycles. The van der Waals surface area contributed by atoms with Gasteiger partial charge >= 0.3 is 0 Å². The zero-order chi connectivity index (χ0) is 11.2. The molecule has 0 amide bonds. The molecule has 88 valence electrons. The Morgan fingerprint density at radius 1 is 1.50 bits per heavy atom. The lowest BCUT2D eigenvalue weighted by Gasteiger charge is -2.23. The lowest BCUT2D eigenvalue weighted by Crippen LogP contribution is -2.39.